The second kappa shape index (κ2) is 6.37. The smallest absolute Gasteiger partial charge is 0.368 e. The molecule has 0 saturated carbocycles. The fourth-order valence-electron chi connectivity index (χ4n) is 2.97. The number of carbonyl (C=O) groups excluding carboxylic acids is 1. The van der Waals surface area contributed by atoms with Crippen LogP contribution in [0, 0.1) is 0 Å². The number of phenolic OH excluding ortho intramolecular Hbond substituents is 1. The zero-order valence-corrected chi connectivity index (χ0v) is 14.0. The lowest BCUT2D eigenvalue weighted by Gasteiger charge is -2.07. The van der Waals surface area contributed by atoms with Crippen molar-refractivity contribution in [3.63, 3.8) is 0 Å². The van der Waals surface area contributed by atoms with E-state index in [-0.39, 0.29) is 11.3 Å². The van der Waals surface area contributed by atoms with Crippen LogP contribution in [0.2, 0.25) is 0 Å². The summed E-state index contributed by atoms with van der Waals surface area (Å²) in [5.74, 6) is 0.0510. The molecule has 5 heteroatoms. The normalized spacial score (nSPS) is 15.2. The average Bonchev–Trinajstić information content (AvgIpc) is 3.03. The molecule has 0 spiro atoms. The Hall–Kier alpha value is -3.60. The Morgan fingerprint density at radius 1 is 1.08 bits per heavy atom. The van der Waals surface area contributed by atoms with Gasteiger partial charge in [0.05, 0.1) is 12.7 Å². The summed E-state index contributed by atoms with van der Waals surface area (Å²) in [5, 5.41) is 16.1. The van der Waals surface area contributed by atoms with E-state index >= 15 is 0 Å². The van der Waals surface area contributed by atoms with Crippen molar-refractivity contribution < 1.29 is 19.5 Å². The number of methoxy groups -OCH3 is 1. The van der Waals surface area contributed by atoms with Gasteiger partial charge in [0.15, 0.2) is 0 Å². The maximum absolute atomic E-state index is 12.2. The Labute approximate surface area is 149 Å². The van der Waals surface area contributed by atoms with Crippen LogP contribution in [-0.2, 0) is 9.63 Å². The predicted molar refractivity (Wildman–Crippen MR) is 99.2 cm³/mol. The van der Waals surface area contributed by atoms with Gasteiger partial charge in [0.2, 0.25) is 0 Å². The molecule has 1 aliphatic heterocycles. The predicted octanol–water partition coefficient (Wildman–Crippen LogP) is 3.90. The van der Waals surface area contributed by atoms with Crippen molar-refractivity contribution in [3.8, 4) is 11.5 Å². The minimum Gasteiger partial charge on any atom is -0.507 e. The van der Waals surface area contributed by atoms with E-state index in [9.17, 15) is 9.90 Å². The molecule has 0 bridgehead atoms. The molecule has 0 amide bonds. The Morgan fingerprint density at radius 2 is 1.88 bits per heavy atom. The number of ether oxygens (including phenoxy) is 1. The van der Waals surface area contributed by atoms with Crippen LogP contribution in [0.25, 0.3) is 16.8 Å². The topological polar surface area (TPSA) is 68.1 Å². The first kappa shape index (κ1) is 15.9. The highest BCUT2D eigenvalue weighted by atomic mass is 16.7. The lowest BCUT2D eigenvalue weighted by Crippen LogP contribution is -2.07. The molecule has 4 rings (SSSR count). The van der Waals surface area contributed by atoms with Crippen molar-refractivity contribution >= 4 is 28.5 Å². The number of carbonyl (C=O) groups is 1. The first-order valence-electron chi connectivity index (χ1n) is 8.04. The van der Waals surface area contributed by atoms with Crippen LogP contribution in [0.4, 0.5) is 0 Å². The quantitative estimate of drug-likeness (QED) is 0.577. The van der Waals surface area contributed by atoms with E-state index in [0.29, 0.717) is 17.0 Å². The summed E-state index contributed by atoms with van der Waals surface area (Å²) in [6.07, 6.45) is 1.56. The van der Waals surface area contributed by atoms with Crippen molar-refractivity contribution in [2.24, 2.45) is 5.16 Å². The summed E-state index contributed by atoms with van der Waals surface area (Å²) >= 11 is 0. The zero-order chi connectivity index (χ0) is 18.1. The van der Waals surface area contributed by atoms with E-state index in [1.54, 1.807) is 18.2 Å². The van der Waals surface area contributed by atoms with Gasteiger partial charge in [-0.15, -0.1) is 0 Å². The summed E-state index contributed by atoms with van der Waals surface area (Å²) in [4.78, 5) is 17.2. The highest BCUT2D eigenvalue weighted by molar-refractivity contribution is 6.33. The number of aromatic hydroxyl groups is 1. The number of fused-ring (bicyclic) bond motifs is 1. The van der Waals surface area contributed by atoms with E-state index in [4.69, 9.17) is 9.57 Å². The fraction of sp³-hybridized carbons (Fsp3) is 0.0476. The van der Waals surface area contributed by atoms with E-state index in [1.165, 1.54) is 13.2 Å². The minimum absolute atomic E-state index is 0.0373. The molecule has 26 heavy (non-hydrogen) atoms. The maximum atomic E-state index is 12.2. The number of hydrogen-bond donors (Lipinski definition) is 1. The molecule has 1 aliphatic rings. The lowest BCUT2D eigenvalue weighted by molar-refractivity contribution is -0.136. The Kier molecular flexibility index (Phi) is 3.89. The van der Waals surface area contributed by atoms with Gasteiger partial charge in [0.25, 0.3) is 0 Å². The van der Waals surface area contributed by atoms with E-state index in [2.05, 4.69) is 5.16 Å². The molecule has 0 aliphatic carbocycles. The van der Waals surface area contributed by atoms with Gasteiger partial charge in [-0.3, -0.25) is 0 Å². The van der Waals surface area contributed by atoms with Crippen LogP contribution in [-0.4, -0.2) is 23.9 Å². The van der Waals surface area contributed by atoms with Gasteiger partial charge < -0.3 is 14.7 Å². The minimum atomic E-state index is -0.560. The van der Waals surface area contributed by atoms with Crippen LogP contribution in [0.1, 0.15) is 11.1 Å². The average molecular weight is 345 g/mol. The molecule has 5 nitrogen and oxygen atoms in total. The van der Waals surface area contributed by atoms with E-state index < -0.39 is 5.97 Å². The summed E-state index contributed by atoms with van der Waals surface area (Å²) in [7, 11) is 1.54. The van der Waals surface area contributed by atoms with Gasteiger partial charge in [0.1, 0.15) is 17.2 Å². The van der Waals surface area contributed by atoms with Crippen LogP contribution in [0.3, 0.4) is 0 Å². The summed E-state index contributed by atoms with van der Waals surface area (Å²) < 4.78 is 5.18. The molecule has 3 aromatic rings. The molecule has 0 radical (unpaired) electrons. The number of rotatable bonds is 3. The van der Waals surface area contributed by atoms with Crippen LogP contribution < -0.4 is 4.74 Å². The van der Waals surface area contributed by atoms with Crippen molar-refractivity contribution in [1.82, 2.24) is 0 Å². The fourth-order valence-corrected chi connectivity index (χ4v) is 2.97. The SMILES string of the molecule is COc1ccc(O)c(/C=C2\C(=O)ON=C2c2cccc3ccccc23)c1. The van der Waals surface area contributed by atoms with Crippen molar-refractivity contribution in [2.45, 2.75) is 0 Å². The standard InChI is InChI=1S/C21H15NO4/c1-25-15-9-10-19(23)14(11-15)12-18-20(22-26-21(18)24)17-8-4-6-13-5-2-3-7-16(13)17/h2-12,23H,1H3/b18-12-. The van der Waals surface area contributed by atoms with Gasteiger partial charge >= 0.3 is 5.97 Å². The summed E-state index contributed by atoms with van der Waals surface area (Å²) in [6.45, 7) is 0. The molecule has 0 fully saturated rings. The Balaban J connectivity index is 1.86. The van der Waals surface area contributed by atoms with Crippen molar-refractivity contribution in [2.75, 3.05) is 7.11 Å². The first-order valence-corrected chi connectivity index (χ1v) is 8.04. The highest BCUT2D eigenvalue weighted by Gasteiger charge is 2.28. The third-order valence-corrected chi connectivity index (χ3v) is 4.27. The van der Waals surface area contributed by atoms with Crippen LogP contribution in [0.15, 0.2) is 71.4 Å². The second-order valence-corrected chi connectivity index (χ2v) is 5.83. The van der Waals surface area contributed by atoms with E-state index in [0.717, 1.165) is 16.3 Å². The van der Waals surface area contributed by atoms with E-state index in [1.807, 2.05) is 42.5 Å². The molecule has 0 atom stereocenters. The monoisotopic (exact) mass is 345 g/mol. The number of hydrogen-bond acceptors (Lipinski definition) is 5. The van der Waals surface area contributed by atoms with Crippen LogP contribution in [0.5, 0.6) is 11.5 Å². The molecule has 0 aromatic heterocycles. The summed E-state index contributed by atoms with van der Waals surface area (Å²) in [6, 6.07) is 18.4. The van der Waals surface area contributed by atoms with Crippen molar-refractivity contribution in [3.05, 3.63) is 77.4 Å². The van der Waals surface area contributed by atoms with Gasteiger partial charge in [0, 0.05) is 11.1 Å². The third-order valence-electron chi connectivity index (χ3n) is 4.27. The van der Waals surface area contributed by atoms with Crippen molar-refractivity contribution in [1.29, 1.82) is 0 Å². The van der Waals surface area contributed by atoms with Gasteiger partial charge in [-0.1, -0.05) is 47.6 Å². The van der Waals surface area contributed by atoms with Gasteiger partial charge in [-0.2, -0.15) is 0 Å². The second-order valence-electron chi connectivity index (χ2n) is 5.83. The largest absolute Gasteiger partial charge is 0.507 e. The molecular weight excluding hydrogens is 330 g/mol. The maximum Gasteiger partial charge on any atom is 0.368 e. The number of nitrogens with zero attached hydrogens (tertiary/aromatic N) is 1. The Bertz CT molecular complexity index is 1080. The number of benzene rings is 3. The highest BCUT2D eigenvalue weighted by Crippen LogP contribution is 2.30. The van der Waals surface area contributed by atoms with Gasteiger partial charge in [-0.25, -0.2) is 4.79 Å². The van der Waals surface area contributed by atoms with Crippen LogP contribution >= 0.6 is 0 Å². The molecule has 1 N–H and O–H groups in total. The molecular formula is C21H15NO4. The lowest BCUT2D eigenvalue weighted by atomic mass is 9.95. The molecule has 1 heterocycles. The molecule has 0 saturated heterocycles. The first-order chi connectivity index (χ1) is 12.7. The summed E-state index contributed by atoms with van der Waals surface area (Å²) in [5.41, 5.74) is 1.97. The Morgan fingerprint density at radius 3 is 2.73 bits per heavy atom. The van der Waals surface area contributed by atoms with Gasteiger partial charge in [-0.05, 0) is 35.0 Å². The third kappa shape index (κ3) is 2.69. The molecule has 128 valence electrons. The molecule has 3 aromatic carbocycles. The number of phenols is 1. The zero-order valence-electron chi connectivity index (χ0n) is 14.0. The molecule has 0 unspecified atom stereocenters. The number of oxime groups is 1.